The largest absolute Gasteiger partial charge is 0.299 e. The minimum Gasteiger partial charge on any atom is -0.299 e. The summed E-state index contributed by atoms with van der Waals surface area (Å²) in [6.07, 6.45) is 15.5. The van der Waals surface area contributed by atoms with Crippen molar-refractivity contribution in [2.75, 3.05) is 0 Å². The van der Waals surface area contributed by atoms with Gasteiger partial charge in [0.1, 0.15) is 11.6 Å². The monoisotopic (exact) mass is 306 g/mol. The van der Waals surface area contributed by atoms with Crippen molar-refractivity contribution in [1.29, 1.82) is 0 Å². The Bertz CT molecular complexity index is 373. The van der Waals surface area contributed by atoms with Crippen molar-refractivity contribution in [1.82, 2.24) is 0 Å². The third-order valence-corrected chi connectivity index (χ3v) is 4.56. The lowest BCUT2D eigenvalue weighted by atomic mass is 9.79. The van der Waals surface area contributed by atoms with Crippen LogP contribution in [0.25, 0.3) is 0 Å². The van der Waals surface area contributed by atoms with E-state index in [1.165, 1.54) is 0 Å². The highest BCUT2D eigenvalue weighted by Gasteiger charge is 2.27. The van der Waals surface area contributed by atoms with Crippen LogP contribution in [0.3, 0.4) is 0 Å². The zero-order chi connectivity index (χ0) is 16.8. The molecule has 0 N–H and O–H groups in total. The van der Waals surface area contributed by atoms with Crippen molar-refractivity contribution < 1.29 is 9.59 Å². The number of carbonyl (C=O) groups excluding carboxylic acids is 2. The molecule has 0 bridgehead atoms. The Kier molecular flexibility index (Phi) is 11.7. The summed E-state index contributed by atoms with van der Waals surface area (Å²) >= 11 is 0. The van der Waals surface area contributed by atoms with E-state index in [2.05, 4.69) is 27.7 Å². The highest BCUT2D eigenvalue weighted by atomic mass is 16.1. The summed E-state index contributed by atoms with van der Waals surface area (Å²) in [5.74, 6) is 0.673. The van der Waals surface area contributed by atoms with E-state index in [-0.39, 0.29) is 5.41 Å². The van der Waals surface area contributed by atoms with E-state index in [9.17, 15) is 9.59 Å². The number of hydrogen-bond acceptors (Lipinski definition) is 2. The lowest BCUT2D eigenvalue weighted by Gasteiger charge is -2.24. The molecule has 0 fully saturated rings. The number of ketones is 2. The van der Waals surface area contributed by atoms with E-state index in [1.54, 1.807) is 0 Å². The summed E-state index contributed by atoms with van der Waals surface area (Å²) in [7, 11) is 0. The second-order valence-corrected chi connectivity index (χ2v) is 6.29. The summed E-state index contributed by atoms with van der Waals surface area (Å²) in [6, 6.07) is 0. The van der Waals surface area contributed by atoms with Crippen molar-refractivity contribution in [3.63, 3.8) is 0 Å². The molecule has 0 aliphatic rings. The van der Waals surface area contributed by atoms with E-state index in [0.29, 0.717) is 30.8 Å². The van der Waals surface area contributed by atoms with Crippen LogP contribution in [0.4, 0.5) is 0 Å². The van der Waals surface area contributed by atoms with Gasteiger partial charge in [-0.15, -0.1) is 0 Å². The molecule has 2 nitrogen and oxygen atoms in total. The molecular formula is C20H34O2. The van der Waals surface area contributed by atoms with E-state index in [0.717, 1.165) is 38.5 Å². The average Bonchev–Trinajstić information content (AvgIpc) is 2.53. The van der Waals surface area contributed by atoms with Gasteiger partial charge in [0.25, 0.3) is 0 Å². The van der Waals surface area contributed by atoms with Crippen LogP contribution in [0.15, 0.2) is 24.3 Å². The quantitative estimate of drug-likeness (QED) is 0.317. The standard InChI is InChI=1S/C20H34O2/c1-5-8-12-15-18(21)16-13-10-9-11-14-17-19(22)20(4,6-2)7-3/h9-11,13H,5-8,12,14-17H2,1-4H3. The number of carbonyl (C=O) groups is 2. The van der Waals surface area contributed by atoms with Crippen LogP contribution in [0, 0.1) is 5.41 Å². The zero-order valence-electron chi connectivity index (χ0n) is 15.0. The van der Waals surface area contributed by atoms with E-state index in [4.69, 9.17) is 0 Å². The maximum absolute atomic E-state index is 12.1. The third-order valence-electron chi connectivity index (χ3n) is 4.56. The van der Waals surface area contributed by atoms with Gasteiger partial charge in [-0.1, -0.05) is 64.8 Å². The fourth-order valence-electron chi connectivity index (χ4n) is 2.29. The molecule has 22 heavy (non-hydrogen) atoms. The maximum atomic E-state index is 12.1. The molecule has 0 aliphatic carbocycles. The van der Waals surface area contributed by atoms with Crippen molar-refractivity contribution >= 4 is 11.6 Å². The number of hydrogen-bond donors (Lipinski definition) is 0. The molecule has 0 aromatic rings. The molecule has 0 amide bonds. The highest BCUT2D eigenvalue weighted by Crippen LogP contribution is 2.28. The molecular weight excluding hydrogens is 272 g/mol. The topological polar surface area (TPSA) is 34.1 Å². The third kappa shape index (κ3) is 8.96. The Morgan fingerprint density at radius 1 is 0.909 bits per heavy atom. The summed E-state index contributed by atoms with van der Waals surface area (Å²) in [5.41, 5.74) is -0.158. The van der Waals surface area contributed by atoms with E-state index >= 15 is 0 Å². The van der Waals surface area contributed by atoms with Crippen LogP contribution >= 0.6 is 0 Å². The van der Waals surface area contributed by atoms with Gasteiger partial charge in [-0.25, -0.2) is 0 Å². The number of allylic oxidation sites excluding steroid dienone is 4. The fraction of sp³-hybridized carbons (Fsp3) is 0.700. The zero-order valence-corrected chi connectivity index (χ0v) is 15.0. The Morgan fingerprint density at radius 3 is 2.14 bits per heavy atom. The minimum absolute atomic E-state index is 0.158. The van der Waals surface area contributed by atoms with Crippen molar-refractivity contribution in [2.45, 2.75) is 85.5 Å². The first kappa shape index (κ1) is 20.8. The molecule has 0 unspecified atom stereocenters. The molecule has 0 heterocycles. The van der Waals surface area contributed by atoms with Gasteiger partial charge >= 0.3 is 0 Å². The first-order valence-corrected chi connectivity index (χ1v) is 8.86. The van der Waals surface area contributed by atoms with Gasteiger partial charge in [0.05, 0.1) is 0 Å². The smallest absolute Gasteiger partial charge is 0.139 e. The number of unbranched alkanes of at least 4 members (excludes halogenated alkanes) is 2. The molecule has 0 saturated carbocycles. The van der Waals surface area contributed by atoms with Gasteiger partial charge in [-0.3, -0.25) is 9.59 Å². The van der Waals surface area contributed by atoms with Crippen LogP contribution in [0.1, 0.15) is 85.5 Å². The lowest BCUT2D eigenvalue weighted by molar-refractivity contribution is -0.128. The summed E-state index contributed by atoms with van der Waals surface area (Å²) < 4.78 is 0. The van der Waals surface area contributed by atoms with Crippen molar-refractivity contribution in [3.8, 4) is 0 Å². The van der Waals surface area contributed by atoms with Crippen LogP contribution in [0.2, 0.25) is 0 Å². The Labute approximate surface area is 137 Å². The molecule has 0 aromatic carbocycles. The van der Waals surface area contributed by atoms with E-state index < -0.39 is 0 Å². The van der Waals surface area contributed by atoms with Crippen LogP contribution < -0.4 is 0 Å². The van der Waals surface area contributed by atoms with Crippen LogP contribution in [-0.2, 0) is 9.59 Å². The van der Waals surface area contributed by atoms with Gasteiger partial charge < -0.3 is 0 Å². The summed E-state index contributed by atoms with van der Waals surface area (Å²) in [4.78, 5) is 23.7. The maximum Gasteiger partial charge on any atom is 0.139 e. The van der Waals surface area contributed by atoms with Gasteiger partial charge in [-0.05, 0) is 25.7 Å². The normalized spacial score (nSPS) is 12.4. The Morgan fingerprint density at radius 2 is 1.55 bits per heavy atom. The molecule has 2 heteroatoms. The second kappa shape index (κ2) is 12.4. The molecule has 0 saturated heterocycles. The average molecular weight is 306 g/mol. The number of Topliss-reactive ketones (excluding diaryl/α,β-unsaturated/α-hetero) is 2. The number of rotatable bonds is 13. The van der Waals surface area contributed by atoms with Gasteiger partial charge in [0.2, 0.25) is 0 Å². The van der Waals surface area contributed by atoms with Gasteiger partial charge in [-0.2, -0.15) is 0 Å². The first-order valence-electron chi connectivity index (χ1n) is 8.86. The van der Waals surface area contributed by atoms with Gasteiger partial charge in [0.15, 0.2) is 0 Å². The second-order valence-electron chi connectivity index (χ2n) is 6.29. The highest BCUT2D eigenvalue weighted by molar-refractivity contribution is 5.84. The van der Waals surface area contributed by atoms with Crippen LogP contribution in [0.5, 0.6) is 0 Å². The van der Waals surface area contributed by atoms with Crippen molar-refractivity contribution in [2.24, 2.45) is 5.41 Å². The molecule has 0 aliphatic heterocycles. The first-order chi connectivity index (χ1) is 10.5. The molecule has 0 radical (unpaired) electrons. The van der Waals surface area contributed by atoms with E-state index in [1.807, 2.05) is 24.3 Å². The summed E-state index contributed by atoms with van der Waals surface area (Å²) in [6.45, 7) is 8.36. The predicted molar refractivity (Wildman–Crippen MR) is 95.0 cm³/mol. The molecule has 0 rings (SSSR count). The Hall–Kier alpha value is -1.18. The van der Waals surface area contributed by atoms with Crippen molar-refractivity contribution in [3.05, 3.63) is 24.3 Å². The molecule has 0 aromatic heterocycles. The van der Waals surface area contributed by atoms with Crippen LogP contribution in [-0.4, -0.2) is 11.6 Å². The molecule has 0 atom stereocenters. The fourth-order valence-corrected chi connectivity index (χ4v) is 2.29. The lowest BCUT2D eigenvalue weighted by Crippen LogP contribution is -2.25. The minimum atomic E-state index is -0.158. The van der Waals surface area contributed by atoms with Gasteiger partial charge in [0, 0.05) is 24.7 Å². The molecule has 0 spiro atoms. The Balaban J connectivity index is 3.89. The summed E-state index contributed by atoms with van der Waals surface area (Å²) in [5, 5.41) is 0. The SMILES string of the molecule is CCCCCC(=O)CC=CC=CCCC(=O)C(C)(CC)CC. The molecule has 126 valence electrons. The predicted octanol–water partition coefficient (Wildman–Crippen LogP) is 5.81.